The van der Waals surface area contributed by atoms with Crippen LogP contribution in [0.15, 0.2) is 27.8 Å². The minimum Gasteiger partial charge on any atom is -0.350 e. The molecule has 1 fully saturated rings. The van der Waals surface area contributed by atoms with Gasteiger partial charge in [-0.05, 0) is 66.7 Å². The van der Waals surface area contributed by atoms with E-state index < -0.39 is 23.0 Å². The van der Waals surface area contributed by atoms with Gasteiger partial charge in [-0.15, -0.1) is 0 Å². The van der Waals surface area contributed by atoms with E-state index in [1.54, 1.807) is 6.07 Å². The van der Waals surface area contributed by atoms with E-state index in [0.29, 0.717) is 16.7 Å². The summed E-state index contributed by atoms with van der Waals surface area (Å²) in [5.41, 5.74) is -1.51. The van der Waals surface area contributed by atoms with Gasteiger partial charge < -0.3 is 15.5 Å². The third-order valence-corrected chi connectivity index (χ3v) is 5.66. The Balaban J connectivity index is 1.93. The van der Waals surface area contributed by atoms with E-state index in [4.69, 9.17) is 0 Å². The molecule has 8 nitrogen and oxygen atoms in total. The van der Waals surface area contributed by atoms with Gasteiger partial charge in [-0.3, -0.25) is 18.7 Å². The molecule has 1 aromatic carbocycles. The summed E-state index contributed by atoms with van der Waals surface area (Å²) in [6, 6.07) is 4.49. The average Bonchev–Trinajstić information content (AvgIpc) is 3.19. The smallest absolute Gasteiger partial charge is 0.332 e. The molecule has 0 aliphatic carbocycles. The van der Waals surface area contributed by atoms with E-state index in [2.05, 4.69) is 15.5 Å². The average molecular weight is 515 g/mol. The van der Waals surface area contributed by atoms with Crippen LogP contribution in [-0.4, -0.2) is 46.1 Å². The van der Waals surface area contributed by atoms with E-state index in [1.165, 1.54) is 26.2 Å². The zero-order valence-corrected chi connectivity index (χ0v) is 18.5. The lowest BCUT2D eigenvalue weighted by atomic mass is 10.2. The molecule has 10 heteroatoms. The number of carbonyl (C=O) groups excluding carboxylic acids is 1. The highest BCUT2D eigenvalue weighted by Crippen LogP contribution is 2.22. The molecule has 0 bridgehead atoms. The minimum atomic E-state index is -0.736. The maximum Gasteiger partial charge on any atom is 0.332 e. The first kappa shape index (κ1) is 21.5. The molecule has 1 saturated heterocycles. The van der Waals surface area contributed by atoms with Crippen molar-refractivity contribution >= 4 is 40.0 Å². The summed E-state index contributed by atoms with van der Waals surface area (Å²) in [6.07, 6.45) is 2.29. The Hall–Kier alpha value is -2.21. The maximum atomic E-state index is 14.3. The molecule has 1 amide bonds. The number of hydrogen-bond donors (Lipinski definition) is 2. The number of amides is 1. The van der Waals surface area contributed by atoms with Crippen LogP contribution in [0, 0.1) is 9.39 Å². The second kappa shape index (κ2) is 9.08. The topological polar surface area (TPSA) is 88.4 Å². The van der Waals surface area contributed by atoms with Crippen molar-refractivity contribution in [3.05, 3.63) is 54.0 Å². The minimum absolute atomic E-state index is 0.0446. The number of rotatable bonds is 6. The lowest BCUT2D eigenvalue weighted by Crippen LogP contribution is -2.44. The van der Waals surface area contributed by atoms with Crippen LogP contribution in [0.5, 0.6) is 0 Å². The first-order valence-corrected chi connectivity index (χ1v) is 10.4. The number of carbonyl (C=O) groups is 1. The molecular weight excluding hydrogens is 492 g/mol. The standard InChI is InChI=1S/C19H23FIN5O3/c1-24-16(23-14-6-5-12(21)11-13(14)20)15(18(28)25(2)19(24)29)17(27)22-7-10-26-8-3-4-9-26/h5-6,11,23H,3-4,7-10H2,1-2H3,(H,22,27). The van der Waals surface area contributed by atoms with Crippen LogP contribution >= 0.6 is 22.6 Å². The molecule has 2 N–H and O–H groups in total. The van der Waals surface area contributed by atoms with Crippen molar-refractivity contribution < 1.29 is 9.18 Å². The Morgan fingerprint density at radius 2 is 1.86 bits per heavy atom. The van der Waals surface area contributed by atoms with Crippen LogP contribution in [0.4, 0.5) is 15.9 Å². The van der Waals surface area contributed by atoms with E-state index in [1.807, 2.05) is 22.6 Å². The van der Waals surface area contributed by atoms with Crippen molar-refractivity contribution in [1.29, 1.82) is 0 Å². The van der Waals surface area contributed by atoms with E-state index in [-0.39, 0.29) is 17.1 Å². The maximum absolute atomic E-state index is 14.3. The summed E-state index contributed by atoms with van der Waals surface area (Å²) >= 11 is 1.98. The van der Waals surface area contributed by atoms with Crippen molar-refractivity contribution in [1.82, 2.24) is 19.4 Å². The summed E-state index contributed by atoms with van der Waals surface area (Å²) < 4.78 is 17.0. The Morgan fingerprint density at radius 1 is 1.17 bits per heavy atom. The van der Waals surface area contributed by atoms with Crippen LogP contribution in [-0.2, 0) is 14.1 Å². The molecule has 1 aliphatic heterocycles. The van der Waals surface area contributed by atoms with E-state index in [9.17, 15) is 18.8 Å². The fraction of sp³-hybridized carbons (Fsp3) is 0.421. The fourth-order valence-electron chi connectivity index (χ4n) is 3.34. The van der Waals surface area contributed by atoms with Gasteiger partial charge in [0.15, 0.2) is 0 Å². The third-order valence-electron chi connectivity index (χ3n) is 4.99. The van der Waals surface area contributed by atoms with Gasteiger partial charge in [0.25, 0.3) is 11.5 Å². The number of hydrogen-bond acceptors (Lipinski definition) is 5. The molecule has 2 heterocycles. The summed E-state index contributed by atoms with van der Waals surface area (Å²) in [5, 5.41) is 5.50. The molecule has 2 aromatic rings. The van der Waals surface area contributed by atoms with Gasteiger partial charge >= 0.3 is 5.69 Å². The molecule has 0 saturated carbocycles. The largest absolute Gasteiger partial charge is 0.350 e. The van der Waals surface area contributed by atoms with Crippen molar-refractivity contribution in [2.75, 3.05) is 31.5 Å². The zero-order chi connectivity index (χ0) is 21.1. The second-order valence-electron chi connectivity index (χ2n) is 6.98. The number of anilines is 2. The van der Waals surface area contributed by atoms with Crippen LogP contribution in [0.25, 0.3) is 0 Å². The lowest BCUT2D eigenvalue weighted by Gasteiger charge is -2.18. The molecule has 156 valence electrons. The summed E-state index contributed by atoms with van der Waals surface area (Å²) in [7, 11) is 2.73. The van der Waals surface area contributed by atoms with Gasteiger partial charge in [0.05, 0.1) is 5.69 Å². The van der Waals surface area contributed by atoms with Crippen molar-refractivity contribution in [2.24, 2.45) is 14.1 Å². The van der Waals surface area contributed by atoms with Crippen LogP contribution in [0.2, 0.25) is 0 Å². The zero-order valence-electron chi connectivity index (χ0n) is 16.3. The molecule has 0 unspecified atom stereocenters. The van der Waals surface area contributed by atoms with Gasteiger partial charge in [0.1, 0.15) is 17.2 Å². The highest BCUT2D eigenvalue weighted by Gasteiger charge is 2.23. The highest BCUT2D eigenvalue weighted by atomic mass is 127. The number of aromatic nitrogens is 2. The summed E-state index contributed by atoms with van der Waals surface area (Å²) in [4.78, 5) is 40.1. The molecule has 3 rings (SSSR count). The number of benzene rings is 1. The van der Waals surface area contributed by atoms with Gasteiger partial charge in [-0.25, -0.2) is 9.18 Å². The molecule has 0 spiro atoms. The molecular formula is C19H23FIN5O3. The number of halogens is 2. The third kappa shape index (κ3) is 4.69. The van der Waals surface area contributed by atoms with Crippen LogP contribution in [0.3, 0.4) is 0 Å². The van der Waals surface area contributed by atoms with Crippen molar-refractivity contribution in [2.45, 2.75) is 12.8 Å². The fourth-order valence-corrected chi connectivity index (χ4v) is 3.79. The molecule has 29 heavy (non-hydrogen) atoms. The molecule has 1 aromatic heterocycles. The van der Waals surface area contributed by atoms with Gasteiger partial charge in [0, 0.05) is 30.8 Å². The van der Waals surface area contributed by atoms with Crippen molar-refractivity contribution in [3.63, 3.8) is 0 Å². The van der Waals surface area contributed by atoms with Gasteiger partial charge in [-0.2, -0.15) is 0 Å². The summed E-state index contributed by atoms with van der Waals surface area (Å²) in [5.74, 6) is -1.20. The molecule has 0 atom stereocenters. The predicted molar refractivity (Wildman–Crippen MR) is 117 cm³/mol. The normalized spacial score (nSPS) is 14.2. The Kier molecular flexibility index (Phi) is 6.73. The first-order chi connectivity index (χ1) is 13.8. The Morgan fingerprint density at radius 3 is 2.52 bits per heavy atom. The lowest BCUT2D eigenvalue weighted by molar-refractivity contribution is 0.0947. The number of nitrogens with zero attached hydrogens (tertiary/aromatic N) is 3. The first-order valence-electron chi connectivity index (χ1n) is 9.32. The van der Waals surface area contributed by atoms with Crippen molar-refractivity contribution in [3.8, 4) is 0 Å². The second-order valence-corrected chi connectivity index (χ2v) is 8.23. The van der Waals surface area contributed by atoms with Crippen LogP contribution < -0.4 is 21.9 Å². The molecule has 0 radical (unpaired) electrons. The monoisotopic (exact) mass is 515 g/mol. The van der Waals surface area contributed by atoms with Gasteiger partial charge in [0.2, 0.25) is 0 Å². The summed E-state index contributed by atoms with van der Waals surface area (Å²) in [6.45, 7) is 3.06. The van der Waals surface area contributed by atoms with Gasteiger partial charge in [-0.1, -0.05) is 0 Å². The quantitative estimate of drug-likeness (QED) is 0.569. The Bertz CT molecular complexity index is 1040. The Labute approximate surface area is 180 Å². The highest BCUT2D eigenvalue weighted by molar-refractivity contribution is 14.1. The predicted octanol–water partition coefficient (Wildman–Crippen LogP) is 1.40. The molecule has 1 aliphatic rings. The van der Waals surface area contributed by atoms with E-state index >= 15 is 0 Å². The number of nitrogens with one attached hydrogen (secondary N) is 2. The van der Waals surface area contributed by atoms with E-state index in [0.717, 1.165) is 35.1 Å². The number of likely N-dealkylation sites (tertiary alicyclic amines) is 1. The van der Waals surface area contributed by atoms with Crippen LogP contribution in [0.1, 0.15) is 23.2 Å². The SMILES string of the molecule is Cn1c(Nc2ccc(I)cc2F)c(C(=O)NCCN2CCCC2)c(=O)n(C)c1=O.